The molecular formula is C16H18N2O2S. The molecule has 21 heavy (non-hydrogen) atoms. The number of rotatable bonds is 2. The fourth-order valence-electron chi connectivity index (χ4n) is 2.79. The van der Waals surface area contributed by atoms with Crippen molar-refractivity contribution in [1.29, 1.82) is 0 Å². The average molecular weight is 302 g/mol. The molecule has 110 valence electrons. The van der Waals surface area contributed by atoms with Gasteiger partial charge in [0.15, 0.2) is 9.84 Å². The van der Waals surface area contributed by atoms with Gasteiger partial charge in [0.1, 0.15) is 0 Å². The van der Waals surface area contributed by atoms with Crippen LogP contribution in [0.3, 0.4) is 0 Å². The van der Waals surface area contributed by atoms with Crippen LogP contribution >= 0.6 is 0 Å². The van der Waals surface area contributed by atoms with Crippen LogP contribution < -0.4 is 10.6 Å². The summed E-state index contributed by atoms with van der Waals surface area (Å²) in [5.41, 5.74) is 9.92. The highest BCUT2D eigenvalue weighted by molar-refractivity contribution is 7.90. The lowest BCUT2D eigenvalue weighted by Gasteiger charge is -2.32. The Balaban J connectivity index is 2.07. The van der Waals surface area contributed by atoms with Crippen molar-refractivity contribution in [3.8, 4) is 0 Å². The summed E-state index contributed by atoms with van der Waals surface area (Å²) in [6.07, 6.45) is 3.32. The summed E-state index contributed by atoms with van der Waals surface area (Å²) in [6.45, 7) is 0.888. The van der Waals surface area contributed by atoms with E-state index in [0.717, 1.165) is 30.8 Å². The van der Waals surface area contributed by atoms with Crippen molar-refractivity contribution >= 4 is 26.9 Å². The fraction of sp³-hybridized carbons (Fsp3) is 0.250. The molecule has 0 spiro atoms. The van der Waals surface area contributed by atoms with E-state index in [-0.39, 0.29) is 4.90 Å². The number of nitrogen functional groups attached to an aromatic ring is 1. The second-order valence-electron chi connectivity index (χ2n) is 5.38. The highest BCUT2D eigenvalue weighted by Gasteiger charge is 2.20. The highest BCUT2D eigenvalue weighted by Crippen LogP contribution is 2.37. The highest BCUT2D eigenvalue weighted by atomic mass is 32.2. The van der Waals surface area contributed by atoms with E-state index >= 15 is 0 Å². The Morgan fingerprint density at radius 2 is 1.86 bits per heavy atom. The van der Waals surface area contributed by atoms with Gasteiger partial charge < -0.3 is 10.6 Å². The van der Waals surface area contributed by atoms with Crippen LogP contribution in [-0.2, 0) is 16.3 Å². The Labute approximate surface area is 125 Å². The van der Waals surface area contributed by atoms with Gasteiger partial charge in [-0.25, -0.2) is 8.42 Å². The maximum atomic E-state index is 11.6. The molecule has 0 aromatic heterocycles. The predicted molar refractivity (Wildman–Crippen MR) is 85.7 cm³/mol. The van der Waals surface area contributed by atoms with Crippen LogP contribution in [0.1, 0.15) is 12.0 Å². The van der Waals surface area contributed by atoms with E-state index in [0.29, 0.717) is 5.69 Å². The Hall–Kier alpha value is -2.01. The van der Waals surface area contributed by atoms with Gasteiger partial charge in [-0.15, -0.1) is 0 Å². The number of anilines is 3. The average Bonchev–Trinajstić information content (AvgIpc) is 2.46. The minimum atomic E-state index is -3.23. The maximum Gasteiger partial charge on any atom is 0.175 e. The molecule has 2 aromatic rings. The molecule has 0 fully saturated rings. The zero-order valence-electron chi connectivity index (χ0n) is 11.9. The summed E-state index contributed by atoms with van der Waals surface area (Å²) in [4.78, 5) is 2.43. The van der Waals surface area contributed by atoms with Crippen LogP contribution in [-0.4, -0.2) is 21.2 Å². The summed E-state index contributed by atoms with van der Waals surface area (Å²) in [5, 5.41) is 0. The number of nitrogens with two attached hydrogens (primary N) is 1. The summed E-state index contributed by atoms with van der Waals surface area (Å²) >= 11 is 0. The number of benzene rings is 2. The van der Waals surface area contributed by atoms with Gasteiger partial charge >= 0.3 is 0 Å². The van der Waals surface area contributed by atoms with Crippen LogP contribution in [0.4, 0.5) is 17.1 Å². The molecule has 0 saturated heterocycles. The molecule has 2 N–H and O–H groups in total. The monoisotopic (exact) mass is 302 g/mol. The molecule has 2 aromatic carbocycles. The molecule has 0 atom stereocenters. The molecule has 0 bridgehead atoms. The zero-order chi connectivity index (χ0) is 15.0. The number of hydrogen-bond donors (Lipinski definition) is 1. The normalized spacial score (nSPS) is 14.8. The van der Waals surface area contributed by atoms with Crippen molar-refractivity contribution < 1.29 is 8.42 Å². The Kier molecular flexibility index (Phi) is 3.37. The topological polar surface area (TPSA) is 63.4 Å². The van der Waals surface area contributed by atoms with Gasteiger partial charge in [-0.05, 0) is 42.7 Å². The third-order valence-electron chi connectivity index (χ3n) is 3.83. The fourth-order valence-corrected chi connectivity index (χ4v) is 3.45. The van der Waals surface area contributed by atoms with Crippen molar-refractivity contribution in [3.63, 3.8) is 0 Å². The van der Waals surface area contributed by atoms with Crippen LogP contribution in [0.5, 0.6) is 0 Å². The third kappa shape index (κ3) is 2.61. The first-order valence-electron chi connectivity index (χ1n) is 6.92. The molecule has 3 rings (SSSR count). The van der Waals surface area contributed by atoms with E-state index in [2.05, 4.69) is 17.0 Å². The molecular weight excluding hydrogens is 284 g/mol. The standard InChI is InChI=1S/C16H18N2O2S/c1-21(19,20)13-8-9-16(14(17)11-13)18-10-4-6-12-5-2-3-7-15(12)18/h2-3,5,7-9,11H,4,6,10,17H2,1H3. The van der Waals surface area contributed by atoms with Gasteiger partial charge in [-0.1, -0.05) is 18.2 Å². The first kappa shape index (κ1) is 13.9. The van der Waals surface area contributed by atoms with E-state index in [9.17, 15) is 8.42 Å². The molecule has 1 aliphatic heterocycles. The van der Waals surface area contributed by atoms with Crippen molar-refractivity contribution in [2.45, 2.75) is 17.7 Å². The van der Waals surface area contributed by atoms with Gasteiger partial charge in [-0.3, -0.25) is 0 Å². The second-order valence-corrected chi connectivity index (χ2v) is 7.39. The summed E-state index contributed by atoms with van der Waals surface area (Å²) < 4.78 is 23.2. The quantitative estimate of drug-likeness (QED) is 0.866. The first-order chi connectivity index (χ1) is 9.97. The van der Waals surface area contributed by atoms with E-state index < -0.39 is 9.84 Å². The lowest BCUT2D eigenvalue weighted by atomic mass is 10.0. The van der Waals surface area contributed by atoms with Gasteiger partial charge in [0, 0.05) is 18.5 Å². The molecule has 0 saturated carbocycles. The van der Waals surface area contributed by atoms with Gasteiger partial charge in [0.05, 0.1) is 16.3 Å². The molecule has 0 unspecified atom stereocenters. The molecule has 1 heterocycles. The van der Waals surface area contributed by atoms with Crippen molar-refractivity contribution in [2.75, 3.05) is 23.4 Å². The minimum absolute atomic E-state index is 0.258. The van der Waals surface area contributed by atoms with E-state index in [1.54, 1.807) is 18.2 Å². The van der Waals surface area contributed by atoms with Crippen molar-refractivity contribution in [2.24, 2.45) is 0 Å². The number of para-hydroxylation sites is 1. The van der Waals surface area contributed by atoms with Crippen molar-refractivity contribution in [3.05, 3.63) is 48.0 Å². The second kappa shape index (κ2) is 5.07. The van der Waals surface area contributed by atoms with Crippen LogP contribution in [0.15, 0.2) is 47.4 Å². The molecule has 0 radical (unpaired) electrons. The molecule has 5 heteroatoms. The van der Waals surface area contributed by atoms with Gasteiger partial charge in [0.25, 0.3) is 0 Å². The van der Waals surface area contributed by atoms with Crippen LogP contribution in [0, 0.1) is 0 Å². The Morgan fingerprint density at radius 3 is 2.57 bits per heavy atom. The minimum Gasteiger partial charge on any atom is -0.397 e. The summed E-state index contributed by atoms with van der Waals surface area (Å²) in [6, 6.07) is 13.2. The number of sulfone groups is 1. The maximum absolute atomic E-state index is 11.6. The Bertz CT molecular complexity index is 785. The summed E-state index contributed by atoms with van der Waals surface area (Å²) in [5.74, 6) is 0. The predicted octanol–water partition coefficient (Wildman–Crippen LogP) is 2.76. The van der Waals surface area contributed by atoms with Crippen LogP contribution in [0.2, 0.25) is 0 Å². The molecule has 4 nitrogen and oxygen atoms in total. The lowest BCUT2D eigenvalue weighted by molar-refractivity contribution is 0.602. The van der Waals surface area contributed by atoms with E-state index in [4.69, 9.17) is 5.73 Å². The molecule has 0 aliphatic carbocycles. The largest absolute Gasteiger partial charge is 0.397 e. The number of nitrogens with zero attached hydrogens (tertiary/aromatic N) is 1. The summed E-state index contributed by atoms with van der Waals surface area (Å²) in [7, 11) is -3.23. The van der Waals surface area contributed by atoms with Crippen LogP contribution in [0.25, 0.3) is 0 Å². The van der Waals surface area contributed by atoms with E-state index in [1.165, 1.54) is 11.8 Å². The first-order valence-corrected chi connectivity index (χ1v) is 8.81. The lowest BCUT2D eigenvalue weighted by Crippen LogP contribution is -2.25. The van der Waals surface area contributed by atoms with Gasteiger partial charge in [0.2, 0.25) is 0 Å². The number of aryl methyl sites for hydroxylation is 1. The zero-order valence-corrected chi connectivity index (χ0v) is 12.7. The van der Waals surface area contributed by atoms with Gasteiger partial charge in [-0.2, -0.15) is 0 Å². The SMILES string of the molecule is CS(=O)(=O)c1ccc(N2CCCc3ccccc32)c(N)c1. The van der Waals surface area contributed by atoms with Crippen molar-refractivity contribution in [1.82, 2.24) is 0 Å². The smallest absolute Gasteiger partial charge is 0.175 e. The third-order valence-corrected chi connectivity index (χ3v) is 4.94. The molecule has 0 amide bonds. The number of hydrogen-bond acceptors (Lipinski definition) is 4. The van der Waals surface area contributed by atoms with E-state index in [1.807, 2.05) is 12.1 Å². The Morgan fingerprint density at radius 1 is 1.10 bits per heavy atom. The molecule has 1 aliphatic rings. The number of fused-ring (bicyclic) bond motifs is 1.